The quantitative estimate of drug-likeness (QED) is 0.873. The van der Waals surface area contributed by atoms with E-state index in [1.807, 2.05) is 38.1 Å². The third-order valence-electron chi connectivity index (χ3n) is 3.15. The summed E-state index contributed by atoms with van der Waals surface area (Å²) < 4.78 is 20.0. The molecule has 0 aliphatic carbocycles. The van der Waals surface area contributed by atoms with Crippen LogP contribution in [-0.4, -0.2) is 13.2 Å². The van der Waals surface area contributed by atoms with Crippen LogP contribution < -0.4 is 10.1 Å². The Balaban J connectivity index is 2.46. The molecule has 0 aromatic heterocycles. The molecule has 0 aliphatic rings. The van der Waals surface area contributed by atoms with Crippen molar-refractivity contribution >= 4 is 11.6 Å². The van der Waals surface area contributed by atoms with Crippen molar-refractivity contribution in [3.05, 3.63) is 64.4 Å². The van der Waals surface area contributed by atoms with E-state index in [4.69, 9.17) is 16.3 Å². The fourth-order valence-electron chi connectivity index (χ4n) is 2.29. The third-order valence-corrected chi connectivity index (χ3v) is 3.39. The molecular weight excluding hydrogens is 289 g/mol. The Labute approximate surface area is 129 Å². The predicted octanol–water partition coefficient (Wildman–Crippen LogP) is 4.58. The van der Waals surface area contributed by atoms with E-state index in [1.165, 1.54) is 6.07 Å². The minimum atomic E-state index is -0.332. The van der Waals surface area contributed by atoms with Gasteiger partial charge in [0, 0.05) is 16.1 Å². The maximum Gasteiger partial charge on any atom is 0.129 e. The van der Waals surface area contributed by atoms with Crippen molar-refractivity contribution in [3.63, 3.8) is 0 Å². The average molecular weight is 308 g/mol. The molecule has 2 aromatic rings. The van der Waals surface area contributed by atoms with Gasteiger partial charge in [-0.15, -0.1) is 0 Å². The molecule has 0 fully saturated rings. The van der Waals surface area contributed by atoms with Gasteiger partial charge in [-0.1, -0.05) is 35.9 Å². The molecule has 2 aromatic carbocycles. The van der Waals surface area contributed by atoms with E-state index in [9.17, 15) is 4.39 Å². The Morgan fingerprint density at radius 1 is 1.10 bits per heavy atom. The average Bonchev–Trinajstić information content (AvgIpc) is 2.43. The molecule has 2 rings (SSSR count). The number of hydrogen-bond donors (Lipinski definition) is 1. The molecule has 1 unspecified atom stereocenters. The van der Waals surface area contributed by atoms with Crippen molar-refractivity contribution < 1.29 is 9.13 Å². The fourth-order valence-corrected chi connectivity index (χ4v) is 2.45. The van der Waals surface area contributed by atoms with Crippen molar-refractivity contribution in [1.82, 2.24) is 5.32 Å². The highest BCUT2D eigenvalue weighted by Crippen LogP contribution is 2.32. The maximum absolute atomic E-state index is 14.2. The van der Waals surface area contributed by atoms with Crippen LogP contribution in [0.1, 0.15) is 31.0 Å². The van der Waals surface area contributed by atoms with E-state index in [0.717, 1.165) is 11.3 Å². The van der Waals surface area contributed by atoms with E-state index < -0.39 is 0 Å². The zero-order chi connectivity index (χ0) is 15.4. The van der Waals surface area contributed by atoms with Crippen molar-refractivity contribution in [2.75, 3.05) is 7.05 Å². The van der Waals surface area contributed by atoms with Crippen molar-refractivity contribution in [2.24, 2.45) is 0 Å². The summed E-state index contributed by atoms with van der Waals surface area (Å²) in [6.07, 6.45) is 0.0544. The lowest BCUT2D eigenvalue weighted by Crippen LogP contribution is -2.20. The summed E-state index contributed by atoms with van der Waals surface area (Å²) in [5.41, 5.74) is 1.44. The molecule has 2 nitrogen and oxygen atoms in total. The Morgan fingerprint density at radius 2 is 1.81 bits per heavy atom. The van der Waals surface area contributed by atoms with Gasteiger partial charge in [-0.05, 0) is 39.1 Å². The first-order chi connectivity index (χ1) is 10.0. The van der Waals surface area contributed by atoms with Crippen LogP contribution in [0.25, 0.3) is 0 Å². The summed E-state index contributed by atoms with van der Waals surface area (Å²) in [5, 5.41) is 3.53. The first-order valence-corrected chi connectivity index (χ1v) is 7.28. The van der Waals surface area contributed by atoms with E-state index in [2.05, 4.69) is 5.32 Å². The molecule has 4 heteroatoms. The zero-order valence-electron chi connectivity index (χ0n) is 12.4. The van der Waals surface area contributed by atoms with Gasteiger partial charge < -0.3 is 10.1 Å². The topological polar surface area (TPSA) is 21.3 Å². The number of nitrogens with one attached hydrogen (secondary N) is 1. The molecule has 21 heavy (non-hydrogen) atoms. The monoisotopic (exact) mass is 307 g/mol. The summed E-state index contributed by atoms with van der Waals surface area (Å²) >= 11 is 5.83. The van der Waals surface area contributed by atoms with Crippen molar-refractivity contribution in [1.29, 1.82) is 0 Å². The van der Waals surface area contributed by atoms with E-state index >= 15 is 0 Å². The van der Waals surface area contributed by atoms with Crippen LogP contribution in [0.2, 0.25) is 5.02 Å². The number of para-hydroxylation sites is 1. The van der Waals surface area contributed by atoms with Gasteiger partial charge in [-0.2, -0.15) is 0 Å². The number of hydrogen-bond acceptors (Lipinski definition) is 2. The first kappa shape index (κ1) is 15.8. The predicted molar refractivity (Wildman–Crippen MR) is 84.5 cm³/mol. The van der Waals surface area contributed by atoms with Gasteiger partial charge in [-0.25, -0.2) is 4.39 Å². The molecule has 0 radical (unpaired) electrons. The summed E-state index contributed by atoms with van der Waals surface area (Å²) in [7, 11) is 1.80. The molecule has 0 bridgehead atoms. The molecule has 112 valence electrons. The second kappa shape index (κ2) is 6.92. The molecule has 1 atom stereocenters. The van der Waals surface area contributed by atoms with E-state index in [0.29, 0.717) is 10.6 Å². The summed E-state index contributed by atoms with van der Waals surface area (Å²) in [5.74, 6) is 0.419. The van der Waals surface area contributed by atoms with Gasteiger partial charge in [0.05, 0.1) is 12.1 Å². The molecule has 0 saturated heterocycles. The molecule has 0 spiro atoms. The zero-order valence-corrected chi connectivity index (χ0v) is 13.1. The van der Waals surface area contributed by atoms with Gasteiger partial charge in [0.2, 0.25) is 0 Å². The Bertz CT molecular complexity index is 615. The highest BCUT2D eigenvalue weighted by atomic mass is 35.5. The number of ether oxygens (including phenoxy) is 1. The van der Waals surface area contributed by atoms with Gasteiger partial charge in [0.1, 0.15) is 11.6 Å². The lowest BCUT2D eigenvalue weighted by atomic mass is 9.97. The van der Waals surface area contributed by atoms with Crippen LogP contribution in [-0.2, 0) is 0 Å². The molecule has 0 heterocycles. The van der Waals surface area contributed by atoms with Crippen LogP contribution in [0.5, 0.6) is 5.75 Å². The molecule has 0 amide bonds. The third kappa shape index (κ3) is 3.74. The molecule has 0 saturated carbocycles. The van der Waals surface area contributed by atoms with Crippen LogP contribution in [0.3, 0.4) is 0 Å². The second-order valence-corrected chi connectivity index (χ2v) is 5.53. The minimum Gasteiger partial charge on any atom is -0.491 e. The summed E-state index contributed by atoms with van der Waals surface area (Å²) in [6.45, 7) is 3.93. The Morgan fingerprint density at radius 3 is 2.43 bits per heavy atom. The van der Waals surface area contributed by atoms with Crippen LogP contribution in [0, 0.1) is 5.82 Å². The van der Waals surface area contributed by atoms with E-state index in [1.54, 1.807) is 19.2 Å². The molecular formula is C17H19ClFNO. The van der Waals surface area contributed by atoms with Gasteiger partial charge in [0.25, 0.3) is 0 Å². The normalized spacial score (nSPS) is 12.5. The van der Waals surface area contributed by atoms with Crippen LogP contribution in [0.4, 0.5) is 4.39 Å². The Hall–Kier alpha value is -1.58. The van der Waals surface area contributed by atoms with Crippen LogP contribution in [0.15, 0.2) is 42.5 Å². The fraction of sp³-hybridized carbons (Fsp3) is 0.294. The van der Waals surface area contributed by atoms with Gasteiger partial charge >= 0.3 is 0 Å². The van der Waals surface area contributed by atoms with Crippen molar-refractivity contribution in [3.8, 4) is 5.75 Å². The standard InChI is InChI=1S/C17H19ClFNO/c1-11(2)21-16-7-5-4-6-14(16)17(20-3)13-9-8-12(18)10-15(13)19/h4-11,17,20H,1-3H3. The summed E-state index contributed by atoms with van der Waals surface area (Å²) in [6, 6.07) is 12.1. The van der Waals surface area contributed by atoms with Crippen LogP contribution >= 0.6 is 11.6 Å². The highest BCUT2D eigenvalue weighted by Gasteiger charge is 2.20. The molecule has 0 aliphatic heterocycles. The molecule has 1 N–H and O–H groups in total. The maximum atomic E-state index is 14.2. The number of halogens is 2. The second-order valence-electron chi connectivity index (χ2n) is 5.09. The van der Waals surface area contributed by atoms with Gasteiger partial charge in [0.15, 0.2) is 0 Å². The van der Waals surface area contributed by atoms with Crippen molar-refractivity contribution in [2.45, 2.75) is 26.0 Å². The van der Waals surface area contributed by atoms with Gasteiger partial charge in [-0.3, -0.25) is 0 Å². The largest absolute Gasteiger partial charge is 0.491 e. The first-order valence-electron chi connectivity index (χ1n) is 6.90. The lowest BCUT2D eigenvalue weighted by Gasteiger charge is -2.22. The summed E-state index contributed by atoms with van der Waals surface area (Å²) in [4.78, 5) is 0. The highest BCUT2D eigenvalue weighted by molar-refractivity contribution is 6.30. The number of benzene rings is 2. The Kier molecular flexibility index (Phi) is 5.21. The smallest absolute Gasteiger partial charge is 0.129 e. The van der Waals surface area contributed by atoms with E-state index in [-0.39, 0.29) is 18.0 Å². The SMILES string of the molecule is CNC(c1ccc(Cl)cc1F)c1ccccc1OC(C)C. The lowest BCUT2D eigenvalue weighted by molar-refractivity contribution is 0.238. The number of rotatable bonds is 5. The minimum absolute atomic E-state index is 0.0544.